The largest absolute Gasteiger partial charge is 0.479 e. The molecule has 11 heteroatoms. The van der Waals surface area contributed by atoms with Crippen molar-refractivity contribution in [2.45, 2.75) is 38.5 Å². The van der Waals surface area contributed by atoms with E-state index in [0.717, 1.165) is 22.6 Å². The van der Waals surface area contributed by atoms with Crippen LogP contribution in [-0.4, -0.2) is 60.9 Å². The third kappa shape index (κ3) is 4.78. The van der Waals surface area contributed by atoms with Crippen molar-refractivity contribution in [3.05, 3.63) is 18.0 Å². The van der Waals surface area contributed by atoms with Crippen molar-refractivity contribution in [3.8, 4) is 5.88 Å². The van der Waals surface area contributed by atoms with Crippen LogP contribution in [0.2, 0.25) is 0 Å². The van der Waals surface area contributed by atoms with Gasteiger partial charge < -0.3 is 15.4 Å². The predicted octanol–water partition coefficient (Wildman–Crippen LogP) is 1.93. The summed E-state index contributed by atoms with van der Waals surface area (Å²) >= 11 is 1.58. The van der Waals surface area contributed by atoms with Gasteiger partial charge in [0.05, 0.1) is 25.2 Å². The Bertz CT molecular complexity index is 997. The highest BCUT2D eigenvalue weighted by Gasteiger charge is 2.17. The highest BCUT2D eigenvalue weighted by Crippen LogP contribution is 2.24. The van der Waals surface area contributed by atoms with Crippen LogP contribution in [0.5, 0.6) is 5.88 Å². The summed E-state index contributed by atoms with van der Waals surface area (Å²) in [4.78, 5) is 21.7. The van der Waals surface area contributed by atoms with E-state index < -0.39 is 0 Å². The van der Waals surface area contributed by atoms with E-state index in [1.165, 1.54) is 7.11 Å². The number of thioether (sulfide) groups is 1. The van der Waals surface area contributed by atoms with Crippen LogP contribution in [0.25, 0.3) is 11.0 Å². The summed E-state index contributed by atoms with van der Waals surface area (Å²) in [6.07, 6.45) is 3.38. The van der Waals surface area contributed by atoms with Crippen molar-refractivity contribution in [3.63, 3.8) is 0 Å². The smallest absolute Gasteiger partial charge is 0.258 e. The second-order valence-corrected chi connectivity index (χ2v) is 7.90. The Balaban J connectivity index is 1.76. The van der Waals surface area contributed by atoms with Gasteiger partial charge in [0.1, 0.15) is 11.4 Å². The number of aryl methyl sites for hydroxylation is 1. The first-order chi connectivity index (χ1) is 13.9. The van der Waals surface area contributed by atoms with Gasteiger partial charge >= 0.3 is 0 Å². The monoisotopic (exact) mass is 418 g/mol. The first-order valence-corrected chi connectivity index (χ1v) is 10.4. The fraction of sp³-hybridized carbons (Fsp3) is 0.500. The minimum Gasteiger partial charge on any atom is -0.479 e. The molecule has 2 N–H and O–H groups in total. The van der Waals surface area contributed by atoms with E-state index in [2.05, 4.69) is 51.6 Å². The van der Waals surface area contributed by atoms with Gasteiger partial charge in [-0.25, -0.2) is 14.6 Å². The maximum absolute atomic E-state index is 12.4. The average molecular weight is 419 g/mol. The molecule has 156 valence electrons. The number of carbonyl (C=O) groups excluding carboxylic acids is 1. The topological polar surface area (TPSA) is 112 Å². The number of rotatable bonds is 9. The van der Waals surface area contributed by atoms with Gasteiger partial charge in [-0.2, -0.15) is 5.10 Å². The number of anilines is 1. The van der Waals surface area contributed by atoms with E-state index in [4.69, 9.17) is 4.74 Å². The number of amides is 1. The van der Waals surface area contributed by atoms with Crippen molar-refractivity contribution in [1.82, 2.24) is 34.8 Å². The van der Waals surface area contributed by atoms with Crippen LogP contribution in [0.1, 0.15) is 31.1 Å². The number of hydrogen-bond donors (Lipinski definition) is 2. The Morgan fingerprint density at radius 1 is 1.34 bits per heavy atom. The zero-order valence-corrected chi connectivity index (χ0v) is 18.1. The van der Waals surface area contributed by atoms with Crippen LogP contribution in [0.3, 0.4) is 0 Å². The van der Waals surface area contributed by atoms with E-state index in [9.17, 15) is 4.79 Å². The van der Waals surface area contributed by atoms with Gasteiger partial charge in [0.25, 0.3) is 5.91 Å². The average Bonchev–Trinajstić information content (AvgIpc) is 3.25. The molecule has 0 aliphatic rings. The van der Waals surface area contributed by atoms with Gasteiger partial charge in [0.15, 0.2) is 10.8 Å². The fourth-order valence-electron chi connectivity index (χ4n) is 2.82. The molecule has 0 saturated heterocycles. The fourth-order valence-corrected chi connectivity index (χ4v) is 3.39. The molecule has 0 atom stereocenters. The Hall–Kier alpha value is -2.82. The molecule has 3 aromatic heterocycles. The first kappa shape index (κ1) is 20.9. The van der Waals surface area contributed by atoms with Gasteiger partial charge in [-0.15, -0.1) is 5.10 Å². The van der Waals surface area contributed by atoms with Crippen molar-refractivity contribution < 1.29 is 9.53 Å². The zero-order chi connectivity index (χ0) is 21.0. The summed E-state index contributed by atoms with van der Waals surface area (Å²) in [5.74, 6) is 1.71. The molecule has 0 aromatic carbocycles. The minimum absolute atomic E-state index is 0.240. The number of aromatic nitrogens is 6. The summed E-state index contributed by atoms with van der Waals surface area (Å²) in [7, 11) is 3.23. The molecule has 0 bridgehead atoms. The molecule has 0 fully saturated rings. The number of hydrogen-bond acceptors (Lipinski definition) is 8. The Morgan fingerprint density at radius 2 is 2.14 bits per heavy atom. The minimum atomic E-state index is -0.245. The maximum atomic E-state index is 12.4. The molecule has 0 radical (unpaired) electrons. The second-order valence-electron chi connectivity index (χ2n) is 6.67. The normalized spacial score (nSPS) is 11.2. The van der Waals surface area contributed by atoms with Gasteiger partial charge in [-0.05, 0) is 19.6 Å². The van der Waals surface area contributed by atoms with Crippen LogP contribution in [0, 0.1) is 0 Å². The van der Waals surface area contributed by atoms with Crippen molar-refractivity contribution >= 4 is 34.5 Å². The number of ether oxygens (including phenoxy) is 1. The van der Waals surface area contributed by atoms with Crippen LogP contribution >= 0.6 is 11.8 Å². The molecule has 0 aliphatic heterocycles. The van der Waals surface area contributed by atoms with E-state index in [-0.39, 0.29) is 11.9 Å². The highest BCUT2D eigenvalue weighted by atomic mass is 32.2. The van der Waals surface area contributed by atoms with E-state index in [1.807, 2.05) is 0 Å². The summed E-state index contributed by atoms with van der Waals surface area (Å²) in [6, 6.07) is 0.240. The third-order valence-electron chi connectivity index (χ3n) is 4.02. The molecule has 0 aliphatic carbocycles. The number of nitrogens with zero attached hydrogens (tertiary/aromatic N) is 6. The summed E-state index contributed by atoms with van der Waals surface area (Å²) in [5, 5.41) is 16.3. The molecule has 10 nitrogen and oxygen atoms in total. The molecule has 3 heterocycles. The van der Waals surface area contributed by atoms with Gasteiger partial charge in [-0.1, -0.05) is 18.7 Å². The Kier molecular flexibility index (Phi) is 6.57. The van der Waals surface area contributed by atoms with Crippen molar-refractivity contribution in [1.29, 1.82) is 0 Å². The maximum Gasteiger partial charge on any atom is 0.258 e. The molecule has 0 unspecified atom stereocenters. The molecular weight excluding hydrogens is 392 g/mol. The lowest BCUT2D eigenvalue weighted by Gasteiger charge is -2.11. The van der Waals surface area contributed by atoms with Crippen molar-refractivity contribution in [2.24, 2.45) is 7.05 Å². The SMILES string of the molecule is CCSc1nc(NC(C)C)c2cnn(CCNC(=O)c3cn(C)nc3OC)c2n1. The number of methoxy groups -OCH3 is 1. The lowest BCUT2D eigenvalue weighted by Crippen LogP contribution is -2.27. The van der Waals surface area contributed by atoms with Gasteiger partial charge in [0, 0.05) is 25.8 Å². The molecule has 0 spiro atoms. The predicted molar refractivity (Wildman–Crippen MR) is 113 cm³/mol. The van der Waals surface area contributed by atoms with Crippen molar-refractivity contribution in [2.75, 3.05) is 24.7 Å². The van der Waals surface area contributed by atoms with E-state index in [1.54, 1.807) is 40.6 Å². The summed E-state index contributed by atoms with van der Waals surface area (Å²) in [6.45, 7) is 7.06. The van der Waals surface area contributed by atoms with Gasteiger partial charge in [-0.3, -0.25) is 9.48 Å². The molecule has 1 amide bonds. The summed E-state index contributed by atoms with van der Waals surface area (Å²) in [5.41, 5.74) is 1.14. The zero-order valence-electron chi connectivity index (χ0n) is 17.3. The van der Waals surface area contributed by atoms with Crippen LogP contribution in [0.4, 0.5) is 5.82 Å². The molecular formula is C18H26N8O2S. The first-order valence-electron chi connectivity index (χ1n) is 9.41. The molecule has 3 rings (SSSR count). The quantitative estimate of drug-likeness (QED) is 0.400. The third-order valence-corrected chi connectivity index (χ3v) is 4.75. The highest BCUT2D eigenvalue weighted by molar-refractivity contribution is 7.99. The molecule has 29 heavy (non-hydrogen) atoms. The van der Waals surface area contributed by atoms with Crippen LogP contribution in [0.15, 0.2) is 17.6 Å². The molecule has 0 saturated carbocycles. The number of carbonyl (C=O) groups is 1. The Morgan fingerprint density at radius 3 is 2.83 bits per heavy atom. The van der Waals surface area contributed by atoms with Crippen LogP contribution < -0.4 is 15.4 Å². The Labute approximate surface area is 173 Å². The number of nitrogens with one attached hydrogen (secondary N) is 2. The standard InChI is InChI=1S/C18H26N8O2S/c1-6-29-18-22-14(21-11(2)3)12-9-20-26(15(12)23-18)8-7-19-16(27)13-10-25(4)24-17(13)28-5/h9-11H,6-8H2,1-5H3,(H,19,27)(H,21,22,23). The second kappa shape index (κ2) is 9.12. The van der Waals surface area contributed by atoms with Gasteiger partial charge in [0.2, 0.25) is 5.88 Å². The van der Waals surface area contributed by atoms with E-state index in [0.29, 0.717) is 29.7 Å². The van der Waals surface area contributed by atoms with Crippen LogP contribution in [-0.2, 0) is 13.6 Å². The summed E-state index contributed by atoms with van der Waals surface area (Å²) < 4.78 is 8.47. The lowest BCUT2D eigenvalue weighted by atomic mass is 10.3. The molecule has 3 aromatic rings. The lowest BCUT2D eigenvalue weighted by molar-refractivity contribution is 0.0949. The number of fused-ring (bicyclic) bond motifs is 1. The van der Waals surface area contributed by atoms with E-state index >= 15 is 0 Å².